The monoisotopic (exact) mass is 263 g/mol. The van der Waals surface area contributed by atoms with Gasteiger partial charge in [0, 0.05) is 19.5 Å². The van der Waals surface area contributed by atoms with Crippen molar-refractivity contribution >= 4 is 0 Å². The molecule has 0 radical (unpaired) electrons. The summed E-state index contributed by atoms with van der Waals surface area (Å²) in [6.07, 6.45) is 6.32. The first-order valence-electron chi connectivity index (χ1n) is 7.63. The van der Waals surface area contributed by atoms with Crippen molar-refractivity contribution < 1.29 is 0 Å². The zero-order valence-corrected chi connectivity index (χ0v) is 11.9. The third-order valence-corrected chi connectivity index (χ3v) is 4.37. The fraction of sp³-hybridized carbons (Fsp3) is 0.857. The lowest BCUT2D eigenvalue weighted by atomic mass is 9.98. The molecule has 3 heterocycles. The van der Waals surface area contributed by atoms with Crippen molar-refractivity contribution in [1.82, 2.24) is 25.0 Å². The van der Waals surface area contributed by atoms with Crippen molar-refractivity contribution in [3.8, 4) is 0 Å². The quantitative estimate of drug-likeness (QED) is 0.882. The van der Waals surface area contributed by atoms with Crippen LogP contribution in [-0.4, -0.2) is 46.3 Å². The first-order chi connectivity index (χ1) is 9.33. The predicted octanol–water partition coefficient (Wildman–Crippen LogP) is 1.05. The Morgan fingerprint density at radius 1 is 1.21 bits per heavy atom. The number of nitrogens with one attached hydrogen (secondary N) is 1. The molecule has 0 amide bonds. The molecule has 2 aliphatic rings. The Morgan fingerprint density at radius 2 is 2.16 bits per heavy atom. The molecule has 106 valence electrons. The summed E-state index contributed by atoms with van der Waals surface area (Å²) in [7, 11) is 2.22. The largest absolute Gasteiger partial charge is 0.314 e. The smallest absolute Gasteiger partial charge is 0.147 e. The van der Waals surface area contributed by atoms with Crippen LogP contribution in [0.5, 0.6) is 0 Å². The van der Waals surface area contributed by atoms with Gasteiger partial charge < -0.3 is 14.8 Å². The van der Waals surface area contributed by atoms with Crippen LogP contribution in [0.25, 0.3) is 0 Å². The van der Waals surface area contributed by atoms with Crippen LogP contribution < -0.4 is 5.32 Å². The highest BCUT2D eigenvalue weighted by molar-refractivity contribution is 4.98. The molecule has 1 N–H and O–H groups in total. The summed E-state index contributed by atoms with van der Waals surface area (Å²) in [5, 5.41) is 12.2. The average Bonchev–Trinajstić information content (AvgIpc) is 2.83. The minimum Gasteiger partial charge on any atom is -0.314 e. The summed E-state index contributed by atoms with van der Waals surface area (Å²) < 4.78 is 2.31. The molecule has 1 aromatic rings. The molecule has 1 unspecified atom stereocenters. The van der Waals surface area contributed by atoms with Crippen LogP contribution in [-0.2, 0) is 19.5 Å². The first kappa shape index (κ1) is 13.1. The molecule has 5 heteroatoms. The molecule has 0 aliphatic carbocycles. The number of aromatic nitrogens is 3. The number of nitrogens with zero attached hydrogens (tertiary/aromatic N) is 4. The summed E-state index contributed by atoms with van der Waals surface area (Å²) in [5.41, 5.74) is 0. The molecule has 1 aromatic heterocycles. The highest BCUT2D eigenvalue weighted by Gasteiger charge is 2.18. The van der Waals surface area contributed by atoms with Gasteiger partial charge in [-0.05, 0) is 51.7 Å². The third-order valence-electron chi connectivity index (χ3n) is 4.37. The maximum atomic E-state index is 4.34. The van der Waals surface area contributed by atoms with E-state index in [4.69, 9.17) is 0 Å². The number of fused-ring (bicyclic) bond motifs is 1. The standard InChI is InChI=1S/C14H25N5/c1-18-7-4-5-12(11-18)9-15-10-14-17-16-13-6-2-3-8-19(13)14/h12,15H,2-11H2,1H3. The van der Waals surface area contributed by atoms with Gasteiger partial charge in [-0.1, -0.05) is 0 Å². The highest BCUT2D eigenvalue weighted by Crippen LogP contribution is 2.15. The second-order valence-electron chi connectivity index (χ2n) is 6.04. The number of hydrogen-bond donors (Lipinski definition) is 1. The Bertz CT molecular complexity index is 414. The second-order valence-corrected chi connectivity index (χ2v) is 6.04. The van der Waals surface area contributed by atoms with E-state index >= 15 is 0 Å². The molecular formula is C14H25N5. The lowest BCUT2D eigenvalue weighted by molar-refractivity contribution is 0.205. The zero-order chi connectivity index (χ0) is 13.1. The summed E-state index contributed by atoms with van der Waals surface area (Å²) in [6, 6.07) is 0. The normalized spacial score (nSPS) is 24.4. The van der Waals surface area contributed by atoms with Crippen molar-refractivity contribution in [3.63, 3.8) is 0 Å². The molecule has 3 rings (SSSR count). The van der Waals surface area contributed by atoms with Crippen LogP contribution in [0.15, 0.2) is 0 Å². The molecule has 1 saturated heterocycles. The maximum Gasteiger partial charge on any atom is 0.147 e. The number of rotatable bonds is 4. The molecule has 19 heavy (non-hydrogen) atoms. The fourth-order valence-corrected chi connectivity index (χ4v) is 3.33. The van der Waals surface area contributed by atoms with Gasteiger partial charge in [-0.3, -0.25) is 0 Å². The van der Waals surface area contributed by atoms with Gasteiger partial charge in [-0.2, -0.15) is 0 Å². The van der Waals surface area contributed by atoms with Gasteiger partial charge in [0.25, 0.3) is 0 Å². The summed E-state index contributed by atoms with van der Waals surface area (Å²) in [4.78, 5) is 2.44. The molecule has 0 bridgehead atoms. The van der Waals surface area contributed by atoms with Crippen molar-refractivity contribution in [1.29, 1.82) is 0 Å². The van der Waals surface area contributed by atoms with E-state index in [-0.39, 0.29) is 0 Å². The Kier molecular flexibility index (Phi) is 4.13. The molecule has 1 fully saturated rings. The van der Waals surface area contributed by atoms with Gasteiger partial charge in [-0.25, -0.2) is 0 Å². The van der Waals surface area contributed by atoms with E-state index in [9.17, 15) is 0 Å². The van der Waals surface area contributed by atoms with Gasteiger partial charge in [0.2, 0.25) is 0 Å². The zero-order valence-electron chi connectivity index (χ0n) is 11.9. The summed E-state index contributed by atoms with van der Waals surface area (Å²) in [6.45, 7) is 5.56. The minimum absolute atomic E-state index is 0.794. The molecule has 5 nitrogen and oxygen atoms in total. The lowest BCUT2D eigenvalue weighted by Crippen LogP contribution is -2.37. The van der Waals surface area contributed by atoms with Crippen LogP contribution >= 0.6 is 0 Å². The van der Waals surface area contributed by atoms with Gasteiger partial charge in [0.15, 0.2) is 0 Å². The number of aryl methyl sites for hydroxylation is 1. The van der Waals surface area contributed by atoms with Crippen molar-refractivity contribution in [2.75, 3.05) is 26.7 Å². The van der Waals surface area contributed by atoms with Crippen molar-refractivity contribution in [2.24, 2.45) is 5.92 Å². The van der Waals surface area contributed by atoms with Crippen molar-refractivity contribution in [2.45, 2.75) is 45.2 Å². The van der Waals surface area contributed by atoms with E-state index in [1.807, 2.05) is 0 Å². The van der Waals surface area contributed by atoms with Gasteiger partial charge in [-0.15, -0.1) is 10.2 Å². The summed E-state index contributed by atoms with van der Waals surface area (Å²) >= 11 is 0. The van der Waals surface area contributed by atoms with Crippen LogP contribution in [0, 0.1) is 5.92 Å². The number of hydrogen-bond acceptors (Lipinski definition) is 4. The topological polar surface area (TPSA) is 46.0 Å². The molecule has 0 spiro atoms. The van der Waals surface area contributed by atoms with Gasteiger partial charge >= 0.3 is 0 Å². The van der Waals surface area contributed by atoms with E-state index in [0.29, 0.717) is 0 Å². The Morgan fingerprint density at radius 3 is 3.05 bits per heavy atom. The maximum absolute atomic E-state index is 4.34. The predicted molar refractivity (Wildman–Crippen MR) is 74.9 cm³/mol. The number of likely N-dealkylation sites (tertiary alicyclic amines) is 1. The van der Waals surface area contributed by atoms with Crippen LogP contribution in [0.1, 0.15) is 37.3 Å². The SMILES string of the molecule is CN1CCCC(CNCc2nnc3n2CCCC3)C1. The van der Waals surface area contributed by atoms with E-state index in [1.54, 1.807) is 0 Å². The molecule has 2 aliphatic heterocycles. The van der Waals surface area contributed by atoms with Gasteiger partial charge in [0.1, 0.15) is 11.6 Å². The third kappa shape index (κ3) is 3.15. The average molecular weight is 263 g/mol. The van der Waals surface area contributed by atoms with Crippen LogP contribution in [0.2, 0.25) is 0 Å². The Labute approximate surface area is 115 Å². The second kappa shape index (κ2) is 6.01. The van der Waals surface area contributed by atoms with E-state index in [1.165, 1.54) is 44.6 Å². The molecule has 0 aromatic carbocycles. The minimum atomic E-state index is 0.794. The van der Waals surface area contributed by atoms with E-state index < -0.39 is 0 Å². The lowest BCUT2D eigenvalue weighted by Gasteiger charge is -2.29. The molecule has 1 atom stereocenters. The van der Waals surface area contributed by atoms with Crippen molar-refractivity contribution in [3.05, 3.63) is 11.6 Å². The molecular weight excluding hydrogens is 238 g/mol. The first-order valence-corrected chi connectivity index (χ1v) is 7.63. The van der Waals surface area contributed by atoms with E-state index in [0.717, 1.165) is 37.8 Å². The Hall–Kier alpha value is -0.940. The number of piperidine rings is 1. The molecule has 0 saturated carbocycles. The van der Waals surface area contributed by atoms with E-state index in [2.05, 4.69) is 32.0 Å². The Balaban J connectivity index is 1.48. The highest BCUT2D eigenvalue weighted by atomic mass is 15.3. The van der Waals surface area contributed by atoms with Gasteiger partial charge in [0.05, 0.1) is 6.54 Å². The van der Waals surface area contributed by atoms with Crippen LogP contribution in [0.4, 0.5) is 0 Å². The summed E-state index contributed by atoms with van der Waals surface area (Å²) in [5.74, 6) is 3.10. The fourth-order valence-electron chi connectivity index (χ4n) is 3.33. The van der Waals surface area contributed by atoms with Crippen LogP contribution in [0.3, 0.4) is 0 Å².